The molecule has 0 aromatic heterocycles. The number of nitrogens with zero attached hydrogens (tertiary/aromatic N) is 2. The van der Waals surface area contributed by atoms with Gasteiger partial charge in [0.05, 0.1) is 5.69 Å². The smallest absolute Gasteiger partial charge is 0.224 e. The Morgan fingerprint density at radius 3 is 2.14 bits per heavy atom. The summed E-state index contributed by atoms with van der Waals surface area (Å²) in [4.78, 5) is 20.2. The maximum atomic E-state index is 12.6. The Kier molecular flexibility index (Phi) is 9.93. The molecule has 1 amide bonds. The largest absolute Gasteiger partial charge is 0.367 e. The SMILES string of the molecule is C=Cc1cc(C)c(N=C(C)CC(C)(C)Cc2ccc3c(c2)CCN3Cc2cc(C)c(NC(=O)CC(C)(C)C)c(C)c2)c(C)c1. The highest BCUT2D eigenvalue weighted by Gasteiger charge is 2.24. The molecule has 4 heteroatoms. The van der Waals surface area contributed by atoms with E-state index in [1.165, 1.54) is 39.2 Å². The summed E-state index contributed by atoms with van der Waals surface area (Å²) in [6.07, 6.45) is 5.44. The minimum atomic E-state index is -0.0327. The van der Waals surface area contributed by atoms with Crippen LogP contribution in [0.3, 0.4) is 0 Å². The van der Waals surface area contributed by atoms with Gasteiger partial charge in [0.25, 0.3) is 0 Å². The van der Waals surface area contributed by atoms with Crippen molar-refractivity contribution in [2.24, 2.45) is 15.8 Å². The third kappa shape index (κ3) is 8.49. The standard InChI is InChI=1S/C40H53N3O/c1-12-31-17-26(2)37(27(3)18-31)41-30(6)22-40(10,11)23-32-13-14-35-34(21-32)15-16-43(35)25-33-19-28(4)38(29(5)20-33)42-36(44)24-39(7,8)9/h12-14,17-21H,1,15-16,22-25H2,2-11H3,(H,42,44). The number of aliphatic imine (C=N–C) groups is 1. The van der Waals surface area contributed by atoms with Crippen molar-refractivity contribution in [3.05, 3.63) is 93.6 Å². The molecule has 4 nitrogen and oxygen atoms in total. The summed E-state index contributed by atoms with van der Waals surface area (Å²) in [7, 11) is 0. The molecule has 3 aromatic rings. The van der Waals surface area contributed by atoms with E-state index in [4.69, 9.17) is 4.99 Å². The Bertz CT molecular complexity index is 1540. The van der Waals surface area contributed by atoms with Crippen molar-refractivity contribution in [3.63, 3.8) is 0 Å². The number of fused-ring (bicyclic) bond motifs is 1. The van der Waals surface area contributed by atoms with Gasteiger partial charge >= 0.3 is 0 Å². The van der Waals surface area contributed by atoms with Gasteiger partial charge in [-0.1, -0.05) is 71.5 Å². The molecule has 3 aromatic carbocycles. The van der Waals surface area contributed by atoms with E-state index in [2.05, 4.69) is 128 Å². The molecule has 0 unspecified atom stereocenters. The summed E-state index contributed by atoms with van der Waals surface area (Å²) in [6, 6.07) is 15.9. The fraction of sp³-hybridized carbons (Fsp3) is 0.450. The zero-order valence-electron chi connectivity index (χ0n) is 28.9. The van der Waals surface area contributed by atoms with Gasteiger partial charge in [0, 0.05) is 36.6 Å². The summed E-state index contributed by atoms with van der Waals surface area (Å²) in [5, 5.41) is 3.17. The van der Waals surface area contributed by atoms with Crippen LogP contribution >= 0.6 is 0 Å². The van der Waals surface area contributed by atoms with Crippen LogP contribution in [-0.2, 0) is 24.2 Å². The van der Waals surface area contributed by atoms with E-state index < -0.39 is 0 Å². The third-order valence-electron chi connectivity index (χ3n) is 8.53. The number of anilines is 2. The van der Waals surface area contributed by atoms with E-state index in [0.29, 0.717) is 6.42 Å². The Hall–Kier alpha value is -3.66. The highest BCUT2D eigenvalue weighted by atomic mass is 16.1. The summed E-state index contributed by atoms with van der Waals surface area (Å²) in [6.45, 7) is 27.4. The Labute approximate surface area is 266 Å². The molecule has 1 aliphatic heterocycles. The number of carbonyl (C=O) groups is 1. The molecule has 234 valence electrons. The molecule has 0 spiro atoms. The number of rotatable bonds is 10. The lowest BCUT2D eigenvalue weighted by atomic mass is 9.81. The number of hydrogen-bond donors (Lipinski definition) is 1. The van der Waals surface area contributed by atoms with Gasteiger partial charge in [-0.05, 0) is 127 Å². The first-order valence-corrected chi connectivity index (χ1v) is 16.1. The van der Waals surface area contributed by atoms with Crippen LogP contribution in [0, 0.1) is 38.5 Å². The molecular formula is C40H53N3O. The van der Waals surface area contributed by atoms with E-state index >= 15 is 0 Å². The molecule has 0 atom stereocenters. The molecule has 44 heavy (non-hydrogen) atoms. The van der Waals surface area contributed by atoms with Crippen LogP contribution in [0.25, 0.3) is 6.08 Å². The number of hydrogen-bond acceptors (Lipinski definition) is 3. The number of nitrogens with one attached hydrogen (secondary N) is 1. The Morgan fingerprint density at radius 1 is 0.909 bits per heavy atom. The maximum absolute atomic E-state index is 12.6. The molecule has 0 fully saturated rings. The van der Waals surface area contributed by atoms with Crippen molar-refractivity contribution < 1.29 is 4.79 Å². The van der Waals surface area contributed by atoms with Crippen LogP contribution in [-0.4, -0.2) is 18.2 Å². The molecule has 1 aliphatic rings. The predicted octanol–water partition coefficient (Wildman–Crippen LogP) is 10.3. The quantitative estimate of drug-likeness (QED) is 0.238. The van der Waals surface area contributed by atoms with Gasteiger partial charge in [-0.3, -0.25) is 9.79 Å². The summed E-state index contributed by atoms with van der Waals surface area (Å²) in [5.41, 5.74) is 14.5. The van der Waals surface area contributed by atoms with Crippen molar-refractivity contribution >= 4 is 34.8 Å². The van der Waals surface area contributed by atoms with E-state index in [1.807, 2.05) is 6.08 Å². The molecule has 1 heterocycles. The second-order valence-electron chi connectivity index (χ2n) is 15.1. The number of carbonyl (C=O) groups excluding carboxylic acids is 1. The average Bonchev–Trinajstić information content (AvgIpc) is 3.28. The lowest BCUT2D eigenvalue weighted by Gasteiger charge is -2.26. The molecule has 4 rings (SSSR count). The molecule has 0 saturated heterocycles. The lowest BCUT2D eigenvalue weighted by molar-refractivity contribution is -0.117. The van der Waals surface area contributed by atoms with Crippen LogP contribution < -0.4 is 10.2 Å². The maximum Gasteiger partial charge on any atom is 0.224 e. The first kappa shape index (κ1) is 33.2. The Morgan fingerprint density at radius 2 is 1.55 bits per heavy atom. The van der Waals surface area contributed by atoms with Gasteiger partial charge in [-0.15, -0.1) is 0 Å². The fourth-order valence-corrected chi connectivity index (χ4v) is 6.85. The van der Waals surface area contributed by atoms with Crippen LogP contribution in [0.15, 0.2) is 54.0 Å². The normalized spacial score (nSPS) is 13.7. The lowest BCUT2D eigenvalue weighted by Crippen LogP contribution is -2.22. The minimum absolute atomic E-state index is 0.0327. The van der Waals surface area contributed by atoms with Gasteiger partial charge in [0.15, 0.2) is 0 Å². The second kappa shape index (κ2) is 13.1. The van der Waals surface area contributed by atoms with Crippen LogP contribution in [0.2, 0.25) is 0 Å². The van der Waals surface area contributed by atoms with E-state index in [9.17, 15) is 4.79 Å². The van der Waals surface area contributed by atoms with E-state index in [0.717, 1.165) is 60.4 Å². The van der Waals surface area contributed by atoms with Crippen molar-refractivity contribution in [1.29, 1.82) is 0 Å². The van der Waals surface area contributed by atoms with E-state index in [-0.39, 0.29) is 16.7 Å². The fourth-order valence-electron chi connectivity index (χ4n) is 6.85. The minimum Gasteiger partial charge on any atom is -0.367 e. The highest BCUT2D eigenvalue weighted by Crippen LogP contribution is 2.35. The van der Waals surface area contributed by atoms with Gasteiger partial charge in [0.1, 0.15) is 0 Å². The molecule has 0 radical (unpaired) electrons. The highest BCUT2D eigenvalue weighted by molar-refractivity contribution is 5.92. The van der Waals surface area contributed by atoms with E-state index in [1.54, 1.807) is 0 Å². The molecular weight excluding hydrogens is 538 g/mol. The van der Waals surface area contributed by atoms with Crippen LogP contribution in [0.1, 0.15) is 98.9 Å². The first-order valence-electron chi connectivity index (χ1n) is 16.1. The third-order valence-corrected chi connectivity index (χ3v) is 8.53. The van der Waals surface area contributed by atoms with Crippen molar-refractivity contribution in [3.8, 4) is 0 Å². The van der Waals surface area contributed by atoms with Crippen molar-refractivity contribution in [1.82, 2.24) is 0 Å². The molecule has 1 N–H and O–H groups in total. The second-order valence-corrected chi connectivity index (χ2v) is 15.1. The number of amides is 1. The van der Waals surface area contributed by atoms with Crippen molar-refractivity contribution in [2.45, 2.75) is 101 Å². The number of benzene rings is 3. The van der Waals surface area contributed by atoms with Crippen LogP contribution in [0.4, 0.5) is 17.1 Å². The monoisotopic (exact) mass is 591 g/mol. The molecule has 0 saturated carbocycles. The predicted molar refractivity (Wildman–Crippen MR) is 191 cm³/mol. The van der Waals surface area contributed by atoms with Crippen LogP contribution in [0.5, 0.6) is 0 Å². The first-order chi connectivity index (χ1) is 20.5. The Balaban J connectivity index is 1.42. The topological polar surface area (TPSA) is 44.7 Å². The number of aryl methyl sites for hydroxylation is 4. The zero-order valence-corrected chi connectivity index (χ0v) is 28.9. The van der Waals surface area contributed by atoms with Gasteiger partial charge < -0.3 is 10.2 Å². The zero-order chi connectivity index (χ0) is 32.4. The van der Waals surface area contributed by atoms with Gasteiger partial charge in [-0.25, -0.2) is 0 Å². The average molecular weight is 592 g/mol. The van der Waals surface area contributed by atoms with Gasteiger partial charge in [-0.2, -0.15) is 0 Å². The molecule has 0 bridgehead atoms. The summed E-state index contributed by atoms with van der Waals surface area (Å²) < 4.78 is 0. The summed E-state index contributed by atoms with van der Waals surface area (Å²) >= 11 is 0. The molecule has 0 aliphatic carbocycles. The van der Waals surface area contributed by atoms with Crippen molar-refractivity contribution in [2.75, 3.05) is 16.8 Å². The van der Waals surface area contributed by atoms with Gasteiger partial charge in [0.2, 0.25) is 5.91 Å². The summed E-state index contributed by atoms with van der Waals surface area (Å²) in [5.74, 6) is 0.0788.